The van der Waals surface area contributed by atoms with Crippen molar-refractivity contribution in [3.63, 3.8) is 0 Å². The molecule has 1 amide bonds. The molecule has 0 aliphatic rings. The molecule has 1 N–H and O–H groups in total. The van der Waals surface area contributed by atoms with Crippen LogP contribution in [0.2, 0.25) is 15.1 Å². The molecule has 0 aliphatic heterocycles. The number of hydrogen-bond donors (Lipinski definition) is 1. The van der Waals surface area contributed by atoms with Gasteiger partial charge in [-0.25, -0.2) is 0 Å². The number of rotatable bonds is 9. The second kappa shape index (κ2) is 10.9. The Labute approximate surface area is 173 Å². The van der Waals surface area contributed by atoms with Crippen LogP contribution in [0.3, 0.4) is 0 Å². The molecule has 0 saturated heterocycles. The van der Waals surface area contributed by atoms with Crippen LogP contribution in [0, 0.1) is 0 Å². The molecule has 2 aromatic rings. The van der Waals surface area contributed by atoms with E-state index in [9.17, 15) is 4.79 Å². The van der Waals surface area contributed by atoms with Crippen molar-refractivity contribution >= 4 is 52.5 Å². The Morgan fingerprint density at radius 1 is 1.12 bits per heavy atom. The van der Waals surface area contributed by atoms with Crippen molar-refractivity contribution in [3.05, 3.63) is 63.1 Å². The maximum atomic E-state index is 12.3. The number of benzene rings is 2. The Kier molecular flexibility index (Phi) is 8.93. The third-order valence-corrected chi connectivity index (χ3v) is 5.55. The van der Waals surface area contributed by atoms with Crippen LogP contribution in [-0.4, -0.2) is 24.3 Å². The Morgan fingerprint density at radius 3 is 2.38 bits per heavy atom. The summed E-state index contributed by atoms with van der Waals surface area (Å²) in [6.45, 7) is 2.46. The lowest BCUT2D eigenvalue weighted by atomic mass is 10.2. The smallest absolute Gasteiger partial charge is 0.261 e. The molecule has 0 fully saturated rings. The molecule has 0 radical (unpaired) electrons. The van der Waals surface area contributed by atoms with E-state index in [4.69, 9.17) is 39.5 Å². The molecule has 0 aromatic heterocycles. The highest BCUT2D eigenvalue weighted by Gasteiger charge is 2.17. The maximum Gasteiger partial charge on any atom is 0.261 e. The number of halogens is 3. The van der Waals surface area contributed by atoms with Gasteiger partial charge in [0.15, 0.2) is 6.10 Å². The first-order chi connectivity index (χ1) is 12.5. The van der Waals surface area contributed by atoms with E-state index in [2.05, 4.69) is 5.32 Å². The topological polar surface area (TPSA) is 38.3 Å². The van der Waals surface area contributed by atoms with Crippen molar-refractivity contribution < 1.29 is 9.53 Å². The highest BCUT2D eigenvalue weighted by molar-refractivity contribution is 7.98. The Balaban J connectivity index is 1.73. The Hall–Kier alpha value is -1.07. The van der Waals surface area contributed by atoms with Crippen molar-refractivity contribution in [1.29, 1.82) is 0 Å². The molecule has 0 aliphatic carbocycles. The molecule has 3 nitrogen and oxygen atoms in total. The first kappa shape index (κ1) is 21.2. The van der Waals surface area contributed by atoms with E-state index in [0.717, 1.165) is 11.3 Å². The van der Waals surface area contributed by atoms with Crippen molar-refractivity contribution in [2.75, 3.05) is 12.3 Å². The highest BCUT2D eigenvalue weighted by atomic mass is 35.5. The summed E-state index contributed by atoms with van der Waals surface area (Å²) in [4.78, 5) is 12.3. The number of carbonyl (C=O) groups excluding carboxylic acids is 1. The number of ether oxygens (including phenoxy) is 1. The fourth-order valence-corrected chi connectivity index (χ4v) is 3.93. The largest absolute Gasteiger partial charge is 0.481 e. The van der Waals surface area contributed by atoms with Gasteiger partial charge in [0, 0.05) is 33.1 Å². The molecule has 2 aromatic carbocycles. The van der Waals surface area contributed by atoms with E-state index in [0.29, 0.717) is 39.5 Å². The second-order valence-corrected chi connectivity index (χ2v) is 7.87. The van der Waals surface area contributed by atoms with Gasteiger partial charge in [0.05, 0.1) is 0 Å². The number of carbonyl (C=O) groups is 1. The van der Waals surface area contributed by atoms with Gasteiger partial charge in [0.2, 0.25) is 0 Å². The lowest BCUT2D eigenvalue weighted by molar-refractivity contribution is -0.127. The molecule has 0 saturated carbocycles. The van der Waals surface area contributed by atoms with Crippen LogP contribution in [0.15, 0.2) is 42.5 Å². The van der Waals surface area contributed by atoms with Gasteiger partial charge in [-0.05, 0) is 48.4 Å². The predicted octanol–water partition coefficient (Wildman–Crippen LogP) is 5.85. The zero-order chi connectivity index (χ0) is 18.9. The zero-order valence-corrected chi connectivity index (χ0v) is 17.4. The fourth-order valence-electron chi connectivity index (χ4n) is 2.20. The summed E-state index contributed by atoms with van der Waals surface area (Å²) in [6.07, 6.45) is 0.0517. The minimum Gasteiger partial charge on any atom is -0.481 e. The zero-order valence-electron chi connectivity index (χ0n) is 14.3. The van der Waals surface area contributed by atoms with Gasteiger partial charge < -0.3 is 10.1 Å². The van der Waals surface area contributed by atoms with Gasteiger partial charge in [-0.3, -0.25) is 4.79 Å². The van der Waals surface area contributed by atoms with Gasteiger partial charge in [0.25, 0.3) is 5.91 Å². The summed E-state index contributed by atoms with van der Waals surface area (Å²) < 4.78 is 5.73. The first-order valence-corrected chi connectivity index (χ1v) is 10.5. The molecule has 1 atom stereocenters. The molecule has 2 rings (SSSR count). The van der Waals surface area contributed by atoms with Gasteiger partial charge >= 0.3 is 0 Å². The predicted molar refractivity (Wildman–Crippen MR) is 112 cm³/mol. The Morgan fingerprint density at radius 2 is 1.77 bits per heavy atom. The van der Waals surface area contributed by atoms with Crippen LogP contribution in [0.5, 0.6) is 5.75 Å². The minimum atomic E-state index is -0.529. The van der Waals surface area contributed by atoms with Crippen LogP contribution < -0.4 is 10.1 Å². The first-order valence-electron chi connectivity index (χ1n) is 8.21. The molecule has 26 heavy (non-hydrogen) atoms. The number of thioether (sulfide) groups is 1. The molecule has 0 bridgehead atoms. The van der Waals surface area contributed by atoms with E-state index in [1.54, 1.807) is 36.0 Å². The summed E-state index contributed by atoms with van der Waals surface area (Å²) in [5.41, 5.74) is 0.921. The van der Waals surface area contributed by atoms with E-state index in [1.807, 2.05) is 25.1 Å². The van der Waals surface area contributed by atoms with Gasteiger partial charge in [-0.2, -0.15) is 11.8 Å². The third kappa shape index (κ3) is 6.58. The van der Waals surface area contributed by atoms with Crippen molar-refractivity contribution in [1.82, 2.24) is 5.32 Å². The monoisotopic (exact) mass is 431 g/mol. The van der Waals surface area contributed by atoms with Crippen LogP contribution in [-0.2, 0) is 10.5 Å². The standard InChI is InChI=1S/C19H20Cl3NO2S/c1-2-18(25-14-8-6-13(20)7-9-14)19(24)23-10-11-26-12-15-16(21)4-3-5-17(15)22/h3-9,18H,2,10-12H2,1H3,(H,23,24)/t18-/m0/s1. The van der Waals surface area contributed by atoms with E-state index >= 15 is 0 Å². The number of nitrogens with one attached hydrogen (secondary N) is 1. The quantitative estimate of drug-likeness (QED) is 0.505. The lowest BCUT2D eigenvalue weighted by Gasteiger charge is -2.17. The lowest BCUT2D eigenvalue weighted by Crippen LogP contribution is -2.39. The van der Waals surface area contributed by atoms with Crippen molar-refractivity contribution in [2.24, 2.45) is 0 Å². The van der Waals surface area contributed by atoms with E-state index in [-0.39, 0.29) is 5.91 Å². The average Bonchev–Trinajstić information content (AvgIpc) is 2.63. The second-order valence-electron chi connectivity index (χ2n) is 5.51. The molecular formula is C19H20Cl3NO2S. The van der Waals surface area contributed by atoms with Gasteiger partial charge in [-0.15, -0.1) is 0 Å². The molecular weight excluding hydrogens is 413 g/mol. The SMILES string of the molecule is CC[C@H](Oc1ccc(Cl)cc1)C(=O)NCCSCc1c(Cl)cccc1Cl. The van der Waals surface area contributed by atoms with Gasteiger partial charge in [0.1, 0.15) is 5.75 Å². The van der Waals surface area contributed by atoms with Crippen LogP contribution in [0.4, 0.5) is 0 Å². The summed E-state index contributed by atoms with van der Waals surface area (Å²) in [5.74, 6) is 1.95. The molecule has 0 unspecified atom stereocenters. The third-order valence-electron chi connectivity index (χ3n) is 3.61. The number of amides is 1. The van der Waals surface area contributed by atoms with Crippen LogP contribution in [0.1, 0.15) is 18.9 Å². The van der Waals surface area contributed by atoms with Crippen LogP contribution >= 0.6 is 46.6 Å². The molecule has 0 spiro atoms. The van der Waals surface area contributed by atoms with Crippen LogP contribution in [0.25, 0.3) is 0 Å². The van der Waals surface area contributed by atoms with Crippen molar-refractivity contribution in [2.45, 2.75) is 25.2 Å². The number of hydrogen-bond acceptors (Lipinski definition) is 3. The van der Waals surface area contributed by atoms with E-state index in [1.165, 1.54) is 0 Å². The summed E-state index contributed by atoms with van der Waals surface area (Å²) in [5, 5.41) is 4.86. The maximum absolute atomic E-state index is 12.3. The minimum absolute atomic E-state index is 0.126. The molecule has 7 heteroatoms. The highest BCUT2D eigenvalue weighted by Crippen LogP contribution is 2.28. The van der Waals surface area contributed by atoms with Crippen molar-refractivity contribution in [3.8, 4) is 5.75 Å². The summed E-state index contributed by atoms with van der Waals surface area (Å²) in [6, 6.07) is 12.4. The Bertz CT molecular complexity index is 705. The normalized spacial score (nSPS) is 11.8. The molecule has 140 valence electrons. The average molecular weight is 433 g/mol. The van der Waals surface area contributed by atoms with E-state index < -0.39 is 6.10 Å². The molecule has 0 heterocycles. The van der Waals surface area contributed by atoms with Gasteiger partial charge in [-0.1, -0.05) is 47.8 Å². The summed E-state index contributed by atoms with van der Waals surface area (Å²) >= 11 is 19.8. The fraction of sp³-hybridized carbons (Fsp3) is 0.316. The summed E-state index contributed by atoms with van der Waals surface area (Å²) in [7, 11) is 0.